The Kier molecular flexibility index (Phi) is 3.84. The fraction of sp³-hybridized carbons (Fsp3) is 0.429. The number of hydrogen-bond donors (Lipinski definition) is 1. The number of likely N-dealkylation sites (tertiary alicyclic amines) is 1. The molecule has 5 nitrogen and oxygen atoms in total. The Bertz CT molecular complexity index is 579. The molecule has 3 rings (SSSR count). The van der Waals surface area contributed by atoms with Crippen LogP contribution in [0.2, 0.25) is 0 Å². The average Bonchev–Trinajstić information content (AvgIpc) is 3.09. The predicted molar refractivity (Wildman–Crippen MR) is 75.5 cm³/mol. The van der Waals surface area contributed by atoms with E-state index in [1.54, 1.807) is 17.6 Å². The molecule has 1 N–H and O–H groups in total. The number of rotatable bonds is 4. The molecular weight excluding hydrogens is 276 g/mol. The first-order valence-electron chi connectivity index (χ1n) is 6.66. The van der Waals surface area contributed by atoms with E-state index in [4.69, 9.17) is 9.52 Å². The summed E-state index contributed by atoms with van der Waals surface area (Å²) in [7, 11) is 0. The highest BCUT2D eigenvalue weighted by Crippen LogP contribution is 2.25. The molecule has 1 saturated heterocycles. The van der Waals surface area contributed by atoms with Gasteiger partial charge in [-0.25, -0.2) is 4.98 Å². The Balaban J connectivity index is 1.64. The number of carboxylic acid groups (broad SMARTS) is 1. The van der Waals surface area contributed by atoms with Gasteiger partial charge in [-0.1, -0.05) is 0 Å². The minimum absolute atomic E-state index is 0.244. The van der Waals surface area contributed by atoms with Crippen LogP contribution >= 0.6 is 11.3 Å². The van der Waals surface area contributed by atoms with E-state index in [1.165, 1.54) is 0 Å². The Labute approximate surface area is 120 Å². The molecule has 1 fully saturated rings. The summed E-state index contributed by atoms with van der Waals surface area (Å²) in [5.74, 6) is -0.153. The predicted octanol–water partition coefficient (Wildman–Crippen LogP) is 2.70. The molecule has 20 heavy (non-hydrogen) atoms. The fourth-order valence-corrected chi connectivity index (χ4v) is 3.30. The second-order valence-electron chi connectivity index (χ2n) is 5.03. The summed E-state index contributed by atoms with van der Waals surface area (Å²) in [4.78, 5) is 17.8. The molecule has 2 aromatic heterocycles. The van der Waals surface area contributed by atoms with Gasteiger partial charge in [0.15, 0.2) is 10.8 Å². The first-order valence-corrected chi connectivity index (χ1v) is 7.54. The number of furan rings is 1. The van der Waals surface area contributed by atoms with Crippen molar-refractivity contribution in [1.29, 1.82) is 0 Å². The minimum atomic E-state index is -0.691. The zero-order chi connectivity index (χ0) is 13.9. The lowest BCUT2D eigenvalue weighted by atomic mass is 9.98. The minimum Gasteiger partial charge on any atom is -0.481 e. The van der Waals surface area contributed by atoms with E-state index in [0.717, 1.165) is 35.8 Å². The molecule has 3 heterocycles. The van der Waals surface area contributed by atoms with Crippen LogP contribution in [0.25, 0.3) is 10.8 Å². The maximum absolute atomic E-state index is 11.1. The molecule has 106 valence electrons. The number of hydrogen-bond acceptors (Lipinski definition) is 5. The van der Waals surface area contributed by atoms with Gasteiger partial charge in [0, 0.05) is 18.5 Å². The fourth-order valence-electron chi connectivity index (χ4n) is 2.52. The van der Waals surface area contributed by atoms with Crippen molar-refractivity contribution in [3.05, 3.63) is 29.5 Å². The van der Waals surface area contributed by atoms with Gasteiger partial charge in [0.25, 0.3) is 0 Å². The molecule has 0 unspecified atom stereocenters. The smallest absolute Gasteiger partial charge is 0.307 e. The zero-order valence-electron chi connectivity index (χ0n) is 11.0. The van der Waals surface area contributed by atoms with Gasteiger partial charge in [-0.15, -0.1) is 11.3 Å². The van der Waals surface area contributed by atoms with Crippen molar-refractivity contribution in [3.8, 4) is 10.8 Å². The van der Waals surface area contributed by atoms with Crippen molar-refractivity contribution in [3.63, 3.8) is 0 Å². The van der Waals surface area contributed by atoms with Crippen LogP contribution in [0, 0.1) is 5.92 Å². The lowest BCUT2D eigenvalue weighted by Gasteiger charge is -2.29. The Hall–Kier alpha value is -1.66. The van der Waals surface area contributed by atoms with Gasteiger partial charge in [0.1, 0.15) is 0 Å². The molecule has 0 aliphatic carbocycles. The van der Waals surface area contributed by atoms with Crippen molar-refractivity contribution in [2.45, 2.75) is 19.4 Å². The highest BCUT2D eigenvalue weighted by molar-refractivity contribution is 7.13. The van der Waals surface area contributed by atoms with Gasteiger partial charge in [-0.2, -0.15) is 0 Å². The van der Waals surface area contributed by atoms with Crippen molar-refractivity contribution in [1.82, 2.24) is 9.88 Å². The molecule has 0 radical (unpaired) electrons. The quantitative estimate of drug-likeness (QED) is 0.938. The summed E-state index contributed by atoms with van der Waals surface area (Å²) in [6.45, 7) is 2.27. The van der Waals surface area contributed by atoms with Crippen molar-refractivity contribution in [2.24, 2.45) is 5.92 Å². The van der Waals surface area contributed by atoms with E-state index in [1.807, 2.05) is 17.5 Å². The number of carboxylic acids is 1. The highest BCUT2D eigenvalue weighted by Gasteiger charge is 2.25. The van der Waals surface area contributed by atoms with Crippen LogP contribution < -0.4 is 0 Å². The summed E-state index contributed by atoms with van der Waals surface area (Å²) < 4.78 is 5.33. The summed E-state index contributed by atoms with van der Waals surface area (Å²) >= 11 is 1.56. The van der Waals surface area contributed by atoms with E-state index in [0.29, 0.717) is 13.1 Å². The summed E-state index contributed by atoms with van der Waals surface area (Å²) in [5.41, 5.74) is 0.979. The van der Waals surface area contributed by atoms with E-state index >= 15 is 0 Å². The van der Waals surface area contributed by atoms with Crippen LogP contribution in [0.4, 0.5) is 0 Å². The second kappa shape index (κ2) is 5.76. The number of nitrogens with zero attached hydrogens (tertiary/aromatic N) is 2. The molecule has 0 amide bonds. The van der Waals surface area contributed by atoms with Crippen molar-refractivity contribution < 1.29 is 14.3 Å². The molecule has 0 saturated carbocycles. The number of thiazole rings is 1. The Morgan fingerprint density at radius 3 is 3.25 bits per heavy atom. The third-order valence-electron chi connectivity index (χ3n) is 3.52. The van der Waals surface area contributed by atoms with Gasteiger partial charge in [0.05, 0.1) is 17.9 Å². The maximum Gasteiger partial charge on any atom is 0.307 e. The molecule has 1 atom stereocenters. The third kappa shape index (κ3) is 2.91. The van der Waals surface area contributed by atoms with Gasteiger partial charge >= 0.3 is 5.97 Å². The van der Waals surface area contributed by atoms with Crippen LogP contribution in [0.15, 0.2) is 28.2 Å². The second-order valence-corrected chi connectivity index (χ2v) is 5.89. The zero-order valence-corrected chi connectivity index (χ0v) is 11.8. The van der Waals surface area contributed by atoms with Gasteiger partial charge < -0.3 is 9.52 Å². The summed E-state index contributed by atoms with van der Waals surface area (Å²) in [6, 6.07) is 3.74. The van der Waals surface area contributed by atoms with Crippen LogP contribution in [0.3, 0.4) is 0 Å². The maximum atomic E-state index is 11.1. The van der Waals surface area contributed by atoms with Gasteiger partial charge in [0.2, 0.25) is 0 Å². The molecule has 0 spiro atoms. The number of carbonyl (C=O) groups is 1. The number of aromatic nitrogens is 1. The third-order valence-corrected chi connectivity index (χ3v) is 4.43. The first kappa shape index (κ1) is 13.3. The highest BCUT2D eigenvalue weighted by atomic mass is 32.1. The first-order chi connectivity index (χ1) is 9.72. The van der Waals surface area contributed by atoms with Crippen molar-refractivity contribution >= 4 is 17.3 Å². The van der Waals surface area contributed by atoms with Crippen LogP contribution in [0.1, 0.15) is 18.5 Å². The lowest BCUT2D eigenvalue weighted by molar-refractivity contribution is -0.143. The normalized spacial score (nSPS) is 20.1. The van der Waals surface area contributed by atoms with Gasteiger partial charge in [-0.05, 0) is 31.5 Å². The van der Waals surface area contributed by atoms with E-state index in [9.17, 15) is 4.79 Å². The monoisotopic (exact) mass is 292 g/mol. The van der Waals surface area contributed by atoms with Crippen LogP contribution in [-0.4, -0.2) is 34.0 Å². The molecular formula is C14H16N2O3S. The molecule has 1 aliphatic heterocycles. The SMILES string of the molecule is O=C(O)[C@H]1CCCN(Cc2csc(-c3ccco3)n2)C1. The topological polar surface area (TPSA) is 66.6 Å². The molecule has 0 aromatic carbocycles. The molecule has 0 bridgehead atoms. The largest absolute Gasteiger partial charge is 0.481 e. The Morgan fingerprint density at radius 1 is 1.60 bits per heavy atom. The van der Waals surface area contributed by atoms with Crippen molar-refractivity contribution in [2.75, 3.05) is 13.1 Å². The van der Waals surface area contributed by atoms with E-state index in [-0.39, 0.29) is 5.92 Å². The van der Waals surface area contributed by atoms with Crippen LogP contribution in [-0.2, 0) is 11.3 Å². The van der Waals surface area contributed by atoms with E-state index < -0.39 is 5.97 Å². The number of piperidine rings is 1. The lowest BCUT2D eigenvalue weighted by Crippen LogP contribution is -2.38. The molecule has 1 aliphatic rings. The van der Waals surface area contributed by atoms with Crippen LogP contribution in [0.5, 0.6) is 0 Å². The Morgan fingerprint density at radius 2 is 2.50 bits per heavy atom. The van der Waals surface area contributed by atoms with E-state index in [2.05, 4.69) is 9.88 Å². The standard InChI is InChI=1S/C14H16N2O3S/c17-14(18)10-3-1-5-16(7-10)8-11-9-20-13(15-11)12-4-2-6-19-12/h2,4,6,9-10H,1,3,5,7-8H2,(H,17,18)/t10-/m0/s1. The van der Waals surface area contributed by atoms with Gasteiger partial charge in [-0.3, -0.25) is 9.69 Å². The molecule has 2 aromatic rings. The molecule has 6 heteroatoms. The number of aliphatic carboxylic acids is 1. The average molecular weight is 292 g/mol. The summed E-state index contributed by atoms with van der Waals surface area (Å²) in [6.07, 6.45) is 3.35. The summed E-state index contributed by atoms with van der Waals surface area (Å²) in [5, 5.41) is 12.0.